The first-order valence-electron chi connectivity index (χ1n) is 10.8. The van der Waals surface area contributed by atoms with Gasteiger partial charge in [0.1, 0.15) is 6.04 Å². The Morgan fingerprint density at radius 1 is 0.824 bits per heavy atom. The molecule has 168 valence electrons. The lowest BCUT2D eigenvalue weighted by atomic mass is 9.83. The Morgan fingerprint density at radius 3 is 2.21 bits per heavy atom. The van der Waals surface area contributed by atoms with Crippen LogP contribution < -0.4 is 4.90 Å². The highest BCUT2D eigenvalue weighted by Gasteiger charge is 2.65. The predicted octanol–water partition coefficient (Wildman–Crippen LogP) is 4.75. The van der Waals surface area contributed by atoms with Gasteiger partial charge < -0.3 is 0 Å². The molecular formula is C26H17Cl2N3O3. The third-order valence-electron chi connectivity index (χ3n) is 6.73. The number of hydrogen-bond acceptors (Lipinski definition) is 5. The molecule has 0 aromatic heterocycles. The van der Waals surface area contributed by atoms with Gasteiger partial charge in [0.05, 0.1) is 29.8 Å². The Morgan fingerprint density at radius 2 is 1.47 bits per heavy atom. The highest BCUT2D eigenvalue weighted by molar-refractivity contribution is 6.36. The molecule has 4 atom stereocenters. The lowest BCUT2D eigenvalue weighted by molar-refractivity contribution is -0.124. The Labute approximate surface area is 205 Å². The van der Waals surface area contributed by atoms with Gasteiger partial charge in [-0.05, 0) is 29.3 Å². The largest absolute Gasteiger partial charge is 0.292 e. The Bertz CT molecular complexity index is 1370. The van der Waals surface area contributed by atoms with Gasteiger partial charge in [-0.25, -0.2) is 4.90 Å². The SMILES string of the molecule is O=C(c1ccccc1)[C@@H]1[C@@H]2C(=O)N(c3cc(Cl)cc(Cl)c3)C(=O)[C@H]2[C@H]2c3ccccc3C=NN12. The summed E-state index contributed by atoms with van der Waals surface area (Å²) in [6.07, 6.45) is 1.68. The monoisotopic (exact) mass is 489 g/mol. The van der Waals surface area contributed by atoms with E-state index in [4.69, 9.17) is 23.2 Å². The molecule has 0 aliphatic carbocycles. The molecule has 3 aliphatic heterocycles. The smallest absolute Gasteiger partial charge is 0.240 e. The van der Waals surface area contributed by atoms with Crippen molar-refractivity contribution in [3.63, 3.8) is 0 Å². The van der Waals surface area contributed by atoms with Crippen molar-refractivity contribution < 1.29 is 14.4 Å². The molecular weight excluding hydrogens is 473 g/mol. The third-order valence-corrected chi connectivity index (χ3v) is 7.16. The second-order valence-corrected chi connectivity index (χ2v) is 9.44. The molecule has 0 N–H and O–H groups in total. The zero-order chi connectivity index (χ0) is 23.6. The van der Waals surface area contributed by atoms with Crippen molar-refractivity contribution in [2.24, 2.45) is 16.9 Å². The summed E-state index contributed by atoms with van der Waals surface area (Å²) in [4.78, 5) is 42.5. The van der Waals surface area contributed by atoms with E-state index in [0.29, 0.717) is 21.3 Å². The molecule has 0 saturated carbocycles. The summed E-state index contributed by atoms with van der Waals surface area (Å²) in [5.41, 5.74) is 2.49. The summed E-state index contributed by atoms with van der Waals surface area (Å²) >= 11 is 12.3. The first-order valence-corrected chi connectivity index (χ1v) is 11.6. The summed E-state index contributed by atoms with van der Waals surface area (Å²) in [6.45, 7) is 0. The first kappa shape index (κ1) is 21.1. The van der Waals surface area contributed by atoms with Gasteiger partial charge in [0, 0.05) is 15.6 Å². The van der Waals surface area contributed by atoms with Crippen molar-refractivity contribution in [2.45, 2.75) is 12.1 Å². The van der Waals surface area contributed by atoms with Crippen LogP contribution in [-0.2, 0) is 9.59 Å². The van der Waals surface area contributed by atoms with Gasteiger partial charge in [-0.2, -0.15) is 5.10 Å². The van der Waals surface area contributed by atoms with Crippen LogP contribution in [0.25, 0.3) is 0 Å². The van der Waals surface area contributed by atoms with E-state index < -0.39 is 35.7 Å². The molecule has 3 aliphatic rings. The predicted molar refractivity (Wildman–Crippen MR) is 129 cm³/mol. The fourth-order valence-electron chi connectivity index (χ4n) is 5.36. The zero-order valence-corrected chi connectivity index (χ0v) is 19.1. The Hall–Kier alpha value is -3.48. The second-order valence-electron chi connectivity index (χ2n) is 8.56. The fourth-order valence-corrected chi connectivity index (χ4v) is 5.88. The number of fused-ring (bicyclic) bond motifs is 5. The maximum Gasteiger partial charge on any atom is 0.240 e. The van der Waals surface area contributed by atoms with Crippen molar-refractivity contribution >= 4 is 52.7 Å². The second kappa shape index (κ2) is 7.79. The number of amides is 2. The molecule has 0 spiro atoms. The van der Waals surface area contributed by atoms with Gasteiger partial charge in [-0.3, -0.25) is 19.4 Å². The minimum Gasteiger partial charge on any atom is -0.292 e. The third kappa shape index (κ3) is 3.02. The van der Waals surface area contributed by atoms with Gasteiger partial charge in [0.2, 0.25) is 11.8 Å². The van der Waals surface area contributed by atoms with Crippen LogP contribution in [0.3, 0.4) is 0 Å². The van der Waals surface area contributed by atoms with E-state index in [-0.39, 0.29) is 5.78 Å². The average Bonchev–Trinajstić information content (AvgIpc) is 3.31. The van der Waals surface area contributed by atoms with Gasteiger partial charge in [0.25, 0.3) is 0 Å². The van der Waals surface area contributed by atoms with Crippen LogP contribution in [0.2, 0.25) is 10.0 Å². The van der Waals surface area contributed by atoms with Gasteiger partial charge in [-0.15, -0.1) is 0 Å². The number of ketones is 1. The Balaban J connectivity index is 1.51. The molecule has 0 bridgehead atoms. The minimum atomic E-state index is -0.918. The number of carbonyl (C=O) groups is 3. The zero-order valence-electron chi connectivity index (χ0n) is 17.6. The lowest BCUT2D eigenvalue weighted by Crippen LogP contribution is -2.44. The van der Waals surface area contributed by atoms with Gasteiger partial charge >= 0.3 is 0 Å². The van der Waals surface area contributed by atoms with Crippen LogP contribution in [0.15, 0.2) is 77.9 Å². The van der Waals surface area contributed by atoms with Gasteiger partial charge in [0.15, 0.2) is 5.78 Å². The number of anilines is 1. The van der Waals surface area contributed by atoms with Gasteiger partial charge in [-0.1, -0.05) is 77.8 Å². The van der Waals surface area contributed by atoms with Crippen LogP contribution >= 0.6 is 23.2 Å². The molecule has 2 fully saturated rings. The normalized spacial score (nSPS) is 24.8. The number of benzene rings is 3. The lowest BCUT2D eigenvalue weighted by Gasteiger charge is -2.33. The van der Waals surface area contributed by atoms with Crippen LogP contribution in [0.1, 0.15) is 27.5 Å². The minimum absolute atomic E-state index is 0.248. The number of nitrogens with zero attached hydrogens (tertiary/aromatic N) is 3. The Kier molecular flexibility index (Phi) is 4.83. The van der Waals surface area contributed by atoms with E-state index in [0.717, 1.165) is 16.0 Å². The van der Waals surface area contributed by atoms with E-state index >= 15 is 0 Å². The molecule has 2 amide bonds. The molecule has 3 heterocycles. The molecule has 3 aromatic rings. The van der Waals surface area contributed by atoms with Crippen LogP contribution in [0, 0.1) is 11.8 Å². The van der Waals surface area contributed by atoms with Crippen LogP contribution in [-0.4, -0.2) is 34.9 Å². The number of hydrogen-bond donors (Lipinski definition) is 0. The molecule has 0 radical (unpaired) electrons. The number of halogens is 2. The van der Waals surface area contributed by atoms with Crippen LogP contribution in [0.4, 0.5) is 5.69 Å². The average molecular weight is 490 g/mol. The van der Waals surface area contributed by atoms with E-state index in [2.05, 4.69) is 5.10 Å². The molecule has 6 nitrogen and oxygen atoms in total. The van der Waals surface area contributed by atoms with Crippen molar-refractivity contribution in [3.05, 3.63) is 99.5 Å². The topological polar surface area (TPSA) is 70.0 Å². The van der Waals surface area contributed by atoms with Crippen LogP contribution in [0.5, 0.6) is 0 Å². The maximum atomic E-state index is 13.8. The molecule has 6 rings (SSSR count). The highest BCUT2D eigenvalue weighted by Crippen LogP contribution is 2.53. The van der Waals surface area contributed by atoms with Crippen molar-refractivity contribution in [2.75, 3.05) is 4.90 Å². The summed E-state index contributed by atoms with van der Waals surface area (Å²) < 4.78 is 0. The number of Topliss-reactive ketones (excluding diaryl/α,β-unsaturated/α-hetero) is 1. The molecule has 3 aromatic carbocycles. The summed E-state index contributed by atoms with van der Waals surface area (Å²) in [6, 6.07) is 19.5. The fraction of sp³-hybridized carbons (Fsp3) is 0.154. The number of carbonyl (C=O) groups excluding carboxylic acids is 3. The van der Waals surface area contributed by atoms with Crippen molar-refractivity contribution in [1.82, 2.24) is 5.01 Å². The van der Waals surface area contributed by atoms with E-state index in [1.54, 1.807) is 35.5 Å². The van der Waals surface area contributed by atoms with E-state index in [1.807, 2.05) is 30.3 Å². The highest BCUT2D eigenvalue weighted by atomic mass is 35.5. The molecule has 8 heteroatoms. The number of imide groups is 1. The summed E-state index contributed by atoms with van der Waals surface area (Å²) in [5, 5.41) is 6.83. The van der Waals surface area contributed by atoms with Crippen molar-refractivity contribution in [3.8, 4) is 0 Å². The number of rotatable bonds is 3. The molecule has 34 heavy (non-hydrogen) atoms. The quantitative estimate of drug-likeness (QED) is 0.393. The summed E-state index contributed by atoms with van der Waals surface area (Å²) in [5.74, 6) is -2.77. The molecule has 0 unspecified atom stereocenters. The number of hydrazone groups is 1. The molecule has 2 saturated heterocycles. The van der Waals surface area contributed by atoms with E-state index in [1.165, 1.54) is 18.2 Å². The van der Waals surface area contributed by atoms with E-state index in [9.17, 15) is 14.4 Å². The summed E-state index contributed by atoms with van der Waals surface area (Å²) in [7, 11) is 0. The maximum absolute atomic E-state index is 13.8. The van der Waals surface area contributed by atoms with Crippen molar-refractivity contribution in [1.29, 1.82) is 0 Å². The standard InChI is InChI=1S/C26H17Cl2N3O3/c27-16-10-17(28)12-18(11-16)30-25(33)20-21(26(30)34)23(24(32)14-6-2-1-3-7-14)31-22(20)19-9-5-4-8-15(19)13-29-31/h1-13,20-23H/t20-,21-,22-,23+/m1/s1. The first-order chi connectivity index (χ1) is 16.5.